The molecule has 1 heterocycles. The molecule has 0 atom stereocenters. The van der Waals surface area contributed by atoms with Crippen LogP contribution in [0.15, 0.2) is 77.7 Å². The topological polar surface area (TPSA) is 70.2 Å². The summed E-state index contributed by atoms with van der Waals surface area (Å²) in [5.74, 6) is 0.245. The Morgan fingerprint density at radius 1 is 0.949 bits per heavy atom. The number of alkyl halides is 3. The second-order valence-corrected chi connectivity index (χ2v) is 11.2. The Bertz CT molecular complexity index is 1410. The van der Waals surface area contributed by atoms with E-state index in [9.17, 15) is 26.4 Å². The number of rotatable bonds is 8. The van der Waals surface area contributed by atoms with Crippen LogP contribution in [0.25, 0.3) is 0 Å². The largest absolute Gasteiger partial charge is 0.494 e. The van der Waals surface area contributed by atoms with Gasteiger partial charge in [-0.3, -0.25) is 4.79 Å². The van der Waals surface area contributed by atoms with Gasteiger partial charge in [0.1, 0.15) is 5.75 Å². The maximum atomic E-state index is 13.3. The van der Waals surface area contributed by atoms with Crippen LogP contribution in [-0.2, 0) is 22.7 Å². The summed E-state index contributed by atoms with van der Waals surface area (Å²) in [6.07, 6.45) is -4.42. The van der Waals surface area contributed by atoms with Crippen molar-refractivity contribution in [2.75, 3.05) is 44.7 Å². The quantitative estimate of drug-likeness (QED) is 0.392. The summed E-state index contributed by atoms with van der Waals surface area (Å²) in [4.78, 5) is 17.0. The van der Waals surface area contributed by atoms with Gasteiger partial charge in [0.05, 0.1) is 17.1 Å². The van der Waals surface area contributed by atoms with Crippen LogP contribution >= 0.6 is 0 Å². The standard InChI is InChI=1S/C28H30F3N3O4S/c1-3-38-26-13-12-21(18-22(26)20-32(2)39(36,37)25-10-5-4-6-11-25)27(35)34-16-14-33(15-17-34)24-9-7-8-23(19-24)28(29,30)31/h4-13,18-19H,3,14-17,20H2,1-2H3. The Labute approximate surface area is 226 Å². The lowest BCUT2D eigenvalue weighted by atomic mass is 10.1. The lowest BCUT2D eigenvalue weighted by Gasteiger charge is -2.36. The van der Waals surface area contributed by atoms with Crippen molar-refractivity contribution in [3.8, 4) is 5.75 Å². The molecule has 1 saturated heterocycles. The smallest absolute Gasteiger partial charge is 0.416 e. The minimum Gasteiger partial charge on any atom is -0.494 e. The minimum atomic E-state index is -4.42. The van der Waals surface area contributed by atoms with E-state index in [0.717, 1.165) is 12.1 Å². The molecule has 0 radical (unpaired) electrons. The number of hydrogen-bond donors (Lipinski definition) is 0. The monoisotopic (exact) mass is 561 g/mol. The van der Waals surface area contributed by atoms with Gasteiger partial charge in [-0.1, -0.05) is 24.3 Å². The van der Waals surface area contributed by atoms with E-state index in [1.807, 2.05) is 11.8 Å². The van der Waals surface area contributed by atoms with E-state index in [-0.39, 0.29) is 17.3 Å². The molecule has 0 bridgehead atoms. The first-order valence-electron chi connectivity index (χ1n) is 12.5. The van der Waals surface area contributed by atoms with Gasteiger partial charge in [0.25, 0.3) is 5.91 Å². The molecule has 0 spiro atoms. The van der Waals surface area contributed by atoms with Gasteiger partial charge in [0.15, 0.2) is 0 Å². The highest BCUT2D eigenvalue weighted by molar-refractivity contribution is 7.89. The van der Waals surface area contributed by atoms with E-state index >= 15 is 0 Å². The fourth-order valence-electron chi connectivity index (χ4n) is 4.46. The molecule has 0 aromatic heterocycles. The second-order valence-electron chi connectivity index (χ2n) is 9.16. The molecule has 3 aromatic carbocycles. The molecule has 0 N–H and O–H groups in total. The molecule has 7 nitrogen and oxygen atoms in total. The first-order chi connectivity index (χ1) is 18.5. The zero-order valence-electron chi connectivity index (χ0n) is 21.7. The van der Waals surface area contributed by atoms with Crippen molar-refractivity contribution in [2.45, 2.75) is 24.5 Å². The van der Waals surface area contributed by atoms with Gasteiger partial charge in [-0.05, 0) is 55.5 Å². The third-order valence-electron chi connectivity index (χ3n) is 6.56. The number of halogens is 3. The first kappa shape index (κ1) is 28.4. The van der Waals surface area contributed by atoms with E-state index in [4.69, 9.17) is 4.74 Å². The molecule has 0 unspecified atom stereocenters. The van der Waals surface area contributed by atoms with Crippen molar-refractivity contribution in [1.82, 2.24) is 9.21 Å². The predicted molar refractivity (Wildman–Crippen MR) is 142 cm³/mol. The van der Waals surface area contributed by atoms with Gasteiger partial charge in [0.2, 0.25) is 10.0 Å². The Hall–Kier alpha value is -3.57. The summed E-state index contributed by atoms with van der Waals surface area (Å²) in [7, 11) is -2.29. The minimum absolute atomic E-state index is 0.00297. The van der Waals surface area contributed by atoms with Crippen molar-refractivity contribution in [3.05, 3.63) is 89.5 Å². The highest BCUT2D eigenvalue weighted by atomic mass is 32.2. The average molecular weight is 562 g/mol. The van der Waals surface area contributed by atoms with Crippen LogP contribution < -0.4 is 9.64 Å². The zero-order chi connectivity index (χ0) is 28.2. The number of nitrogens with zero attached hydrogens (tertiary/aromatic N) is 3. The summed E-state index contributed by atoms with van der Waals surface area (Å²) >= 11 is 0. The molecular weight excluding hydrogens is 531 g/mol. The molecule has 1 amide bonds. The Balaban J connectivity index is 1.48. The van der Waals surface area contributed by atoms with Crippen LogP contribution in [0.5, 0.6) is 5.75 Å². The summed E-state index contributed by atoms with van der Waals surface area (Å²) in [5.41, 5.74) is 0.682. The Morgan fingerprint density at radius 3 is 2.28 bits per heavy atom. The number of carbonyl (C=O) groups is 1. The van der Waals surface area contributed by atoms with Gasteiger partial charge in [0, 0.05) is 56.6 Å². The van der Waals surface area contributed by atoms with Crippen LogP contribution in [0.4, 0.5) is 18.9 Å². The van der Waals surface area contributed by atoms with Crippen LogP contribution in [0.2, 0.25) is 0 Å². The van der Waals surface area contributed by atoms with Gasteiger partial charge in [-0.25, -0.2) is 8.42 Å². The van der Waals surface area contributed by atoms with Gasteiger partial charge in [-0.2, -0.15) is 17.5 Å². The number of anilines is 1. The molecule has 208 valence electrons. The molecule has 0 saturated carbocycles. The van der Waals surface area contributed by atoms with Crippen molar-refractivity contribution >= 4 is 21.6 Å². The van der Waals surface area contributed by atoms with Crippen LogP contribution in [0.1, 0.15) is 28.4 Å². The highest BCUT2D eigenvalue weighted by Gasteiger charge is 2.31. The van der Waals surface area contributed by atoms with Crippen molar-refractivity contribution < 1.29 is 31.1 Å². The number of benzene rings is 3. The lowest BCUT2D eigenvalue weighted by molar-refractivity contribution is -0.137. The summed E-state index contributed by atoms with van der Waals surface area (Å²) in [5, 5.41) is 0. The lowest BCUT2D eigenvalue weighted by Crippen LogP contribution is -2.48. The van der Waals surface area contributed by atoms with E-state index in [1.54, 1.807) is 47.4 Å². The van der Waals surface area contributed by atoms with Crippen LogP contribution in [-0.4, -0.2) is 63.4 Å². The first-order valence-corrected chi connectivity index (χ1v) is 13.9. The van der Waals surface area contributed by atoms with Gasteiger partial charge < -0.3 is 14.5 Å². The maximum Gasteiger partial charge on any atom is 0.416 e. The fraction of sp³-hybridized carbons (Fsp3) is 0.321. The molecule has 1 aliphatic rings. The molecule has 4 rings (SSSR count). The van der Waals surface area contributed by atoms with E-state index in [0.29, 0.717) is 55.3 Å². The zero-order valence-corrected chi connectivity index (χ0v) is 22.5. The van der Waals surface area contributed by atoms with E-state index in [1.165, 1.54) is 29.6 Å². The van der Waals surface area contributed by atoms with Crippen LogP contribution in [0.3, 0.4) is 0 Å². The number of ether oxygens (including phenoxy) is 1. The molecule has 11 heteroatoms. The third kappa shape index (κ3) is 6.54. The molecule has 1 fully saturated rings. The number of hydrogen-bond acceptors (Lipinski definition) is 5. The molecule has 3 aromatic rings. The summed E-state index contributed by atoms with van der Waals surface area (Å²) in [6, 6.07) is 18.2. The van der Waals surface area contributed by atoms with Crippen molar-refractivity contribution in [2.24, 2.45) is 0 Å². The maximum absolute atomic E-state index is 13.3. The Kier molecular flexibility index (Phi) is 8.51. The summed E-state index contributed by atoms with van der Waals surface area (Å²) in [6.45, 7) is 3.62. The van der Waals surface area contributed by atoms with Crippen LogP contribution in [0, 0.1) is 0 Å². The third-order valence-corrected chi connectivity index (χ3v) is 8.37. The second kappa shape index (κ2) is 11.7. The number of carbonyl (C=O) groups excluding carboxylic acids is 1. The van der Waals surface area contributed by atoms with Crippen molar-refractivity contribution in [1.29, 1.82) is 0 Å². The number of piperazine rings is 1. The SMILES string of the molecule is CCOc1ccc(C(=O)N2CCN(c3cccc(C(F)(F)F)c3)CC2)cc1CN(C)S(=O)(=O)c1ccccc1. The predicted octanol–water partition coefficient (Wildman–Crippen LogP) is 4.89. The normalized spacial score (nSPS) is 14.5. The Morgan fingerprint density at radius 2 is 1.64 bits per heavy atom. The van der Waals surface area contributed by atoms with E-state index in [2.05, 4.69) is 0 Å². The van der Waals surface area contributed by atoms with Gasteiger partial charge in [-0.15, -0.1) is 0 Å². The summed E-state index contributed by atoms with van der Waals surface area (Å²) < 4.78 is 72.3. The van der Waals surface area contributed by atoms with Gasteiger partial charge >= 0.3 is 6.18 Å². The molecule has 39 heavy (non-hydrogen) atoms. The number of sulfonamides is 1. The molecular formula is C28H30F3N3O4S. The van der Waals surface area contributed by atoms with Crippen molar-refractivity contribution in [3.63, 3.8) is 0 Å². The van der Waals surface area contributed by atoms with E-state index < -0.39 is 21.8 Å². The number of amides is 1. The average Bonchev–Trinajstić information content (AvgIpc) is 2.94. The highest BCUT2D eigenvalue weighted by Crippen LogP contribution is 2.32. The molecule has 1 aliphatic heterocycles. The molecule has 0 aliphatic carbocycles. The fourth-order valence-corrected chi connectivity index (χ4v) is 5.63.